The molecule has 0 aliphatic rings. The van der Waals surface area contributed by atoms with E-state index in [0.717, 1.165) is 15.4 Å². The molecule has 2 aromatic rings. The smallest absolute Gasteiger partial charge is 0.255 e. The molecule has 0 saturated carbocycles. The van der Waals surface area contributed by atoms with Gasteiger partial charge in [0.15, 0.2) is 0 Å². The van der Waals surface area contributed by atoms with E-state index in [1.165, 1.54) is 26.2 Å². The van der Waals surface area contributed by atoms with Crippen LogP contribution in [0.15, 0.2) is 47.4 Å². The average Bonchev–Trinajstić information content (AvgIpc) is 2.50. The molecule has 5 nitrogen and oxygen atoms in total. The zero-order chi connectivity index (χ0) is 17.2. The fraction of sp³-hybridized carbons (Fsp3) is 0.235. The summed E-state index contributed by atoms with van der Waals surface area (Å²) in [4.78, 5) is 12.5. The maximum Gasteiger partial charge on any atom is 0.255 e. The lowest BCUT2D eigenvalue weighted by molar-refractivity contribution is 0.102. The van der Waals surface area contributed by atoms with Crippen molar-refractivity contribution in [3.05, 3.63) is 59.2 Å². The number of nitrogens with one attached hydrogen (secondary N) is 1. The van der Waals surface area contributed by atoms with E-state index in [-0.39, 0.29) is 10.8 Å². The number of hydrogen-bond donors (Lipinski definition) is 1. The third-order valence-electron chi connectivity index (χ3n) is 3.50. The molecule has 1 amide bonds. The number of carbonyl (C=O) groups is 1. The van der Waals surface area contributed by atoms with Gasteiger partial charge in [-0.3, -0.25) is 4.79 Å². The van der Waals surface area contributed by atoms with Gasteiger partial charge in [0, 0.05) is 25.3 Å². The Bertz CT molecular complexity index is 843. The van der Waals surface area contributed by atoms with Gasteiger partial charge in [-0.15, -0.1) is 0 Å². The molecule has 0 radical (unpaired) electrons. The van der Waals surface area contributed by atoms with Crippen LogP contribution >= 0.6 is 0 Å². The highest BCUT2D eigenvalue weighted by molar-refractivity contribution is 7.89. The lowest BCUT2D eigenvalue weighted by Crippen LogP contribution is -2.22. The first-order valence-corrected chi connectivity index (χ1v) is 8.57. The van der Waals surface area contributed by atoms with E-state index in [1.807, 2.05) is 32.0 Å². The summed E-state index contributed by atoms with van der Waals surface area (Å²) in [6.07, 6.45) is 0. The quantitative estimate of drug-likeness (QED) is 0.936. The predicted octanol–water partition coefficient (Wildman–Crippen LogP) is 2.81. The number of carbonyl (C=O) groups excluding carboxylic acids is 1. The molecular formula is C17H20N2O3S. The molecule has 0 unspecified atom stereocenters. The van der Waals surface area contributed by atoms with Gasteiger partial charge in [-0.1, -0.05) is 23.8 Å². The lowest BCUT2D eigenvalue weighted by atomic mass is 10.1. The maximum absolute atomic E-state index is 12.4. The first kappa shape index (κ1) is 17.2. The van der Waals surface area contributed by atoms with Crippen molar-refractivity contribution in [2.75, 3.05) is 19.4 Å². The van der Waals surface area contributed by atoms with Crippen LogP contribution in [-0.4, -0.2) is 32.7 Å². The van der Waals surface area contributed by atoms with Crippen molar-refractivity contribution in [2.45, 2.75) is 18.7 Å². The van der Waals surface area contributed by atoms with E-state index >= 15 is 0 Å². The summed E-state index contributed by atoms with van der Waals surface area (Å²) in [5.74, 6) is -0.340. The number of amides is 1. The number of nitrogens with zero attached hydrogens (tertiary/aromatic N) is 1. The Balaban J connectivity index is 2.30. The molecule has 0 aliphatic heterocycles. The summed E-state index contributed by atoms with van der Waals surface area (Å²) in [6.45, 7) is 3.89. The Kier molecular flexibility index (Phi) is 4.87. The number of benzene rings is 2. The largest absolute Gasteiger partial charge is 0.322 e. The molecular weight excluding hydrogens is 312 g/mol. The summed E-state index contributed by atoms with van der Waals surface area (Å²) >= 11 is 0. The SMILES string of the molecule is Cc1ccc(NC(=O)c2cccc(S(=O)(=O)N(C)C)c2)c(C)c1. The van der Waals surface area contributed by atoms with Crippen LogP contribution in [0, 0.1) is 13.8 Å². The molecule has 2 rings (SSSR count). The van der Waals surface area contributed by atoms with Crippen LogP contribution in [0.4, 0.5) is 5.69 Å². The van der Waals surface area contributed by atoms with Crippen LogP contribution in [0.1, 0.15) is 21.5 Å². The van der Waals surface area contributed by atoms with E-state index in [4.69, 9.17) is 0 Å². The third kappa shape index (κ3) is 3.78. The molecule has 0 spiro atoms. The van der Waals surface area contributed by atoms with Crippen molar-refractivity contribution in [3.8, 4) is 0 Å². The van der Waals surface area contributed by atoms with Crippen LogP contribution in [0.5, 0.6) is 0 Å². The zero-order valence-corrected chi connectivity index (χ0v) is 14.4. The molecule has 122 valence electrons. The van der Waals surface area contributed by atoms with E-state index in [2.05, 4.69) is 5.32 Å². The van der Waals surface area contributed by atoms with Crippen molar-refractivity contribution < 1.29 is 13.2 Å². The van der Waals surface area contributed by atoms with Gasteiger partial charge in [0.05, 0.1) is 4.90 Å². The van der Waals surface area contributed by atoms with Gasteiger partial charge >= 0.3 is 0 Å². The first-order valence-electron chi connectivity index (χ1n) is 7.13. The van der Waals surface area contributed by atoms with Crippen LogP contribution in [0.3, 0.4) is 0 Å². The highest BCUT2D eigenvalue weighted by atomic mass is 32.2. The molecule has 0 fully saturated rings. The van der Waals surface area contributed by atoms with Crippen LogP contribution < -0.4 is 5.32 Å². The minimum Gasteiger partial charge on any atom is -0.322 e. The molecule has 1 N–H and O–H groups in total. The molecule has 0 heterocycles. The molecule has 23 heavy (non-hydrogen) atoms. The van der Waals surface area contributed by atoms with Crippen molar-refractivity contribution >= 4 is 21.6 Å². The van der Waals surface area contributed by atoms with Crippen molar-refractivity contribution in [1.29, 1.82) is 0 Å². The summed E-state index contributed by atoms with van der Waals surface area (Å²) in [6, 6.07) is 11.7. The van der Waals surface area contributed by atoms with Gasteiger partial charge in [0.1, 0.15) is 0 Å². The minimum atomic E-state index is -3.57. The number of hydrogen-bond acceptors (Lipinski definition) is 3. The van der Waals surface area contributed by atoms with Gasteiger partial charge < -0.3 is 5.32 Å². The molecule has 6 heteroatoms. The summed E-state index contributed by atoms with van der Waals surface area (Å²) in [5, 5.41) is 2.81. The van der Waals surface area contributed by atoms with Gasteiger partial charge in [0.25, 0.3) is 5.91 Å². The fourth-order valence-corrected chi connectivity index (χ4v) is 3.11. The van der Waals surface area contributed by atoms with Gasteiger partial charge in [-0.2, -0.15) is 0 Å². The second-order valence-corrected chi connectivity index (χ2v) is 7.74. The third-order valence-corrected chi connectivity index (χ3v) is 5.32. The summed E-state index contributed by atoms with van der Waals surface area (Å²) in [7, 11) is -0.654. The van der Waals surface area contributed by atoms with Gasteiger partial charge in [-0.25, -0.2) is 12.7 Å². The monoisotopic (exact) mass is 332 g/mol. The maximum atomic E-state index is 12.4. The molecule has 0 atom stereocenters. The minimum absolute atomic E-state index is 0.0933. The molecule has 0 saturated heterocycles. The average molecular weight is 332 g/mol. The van der Waals surface area contributed by atoms with Crippen molar-refractivity contribution in [2.24, 2.45) is 0 Å². The number of anilines is 1. The van der Waals surface area contributed by atoms with E-state index in [9.17, 15) is 13.2 Å². The van der Waals surface area contributed by atoms with Crippen molar-refractivity contribution in [1.82, 2.24) is 4.31 Å². The lowest BCUT2D eigenvalue weighted by Gasteiger charge is -2.13. The topological polar surface area (TPSA) is 66.5 Å². The van der Waals surface area contributed by atoms with E-state index in [1.54, 1.807) is 12.1 Å². The van der Waals surface area contributed by atoms with E-state index < -0.39 is 10.0 Å². The Morgan fingerprint density at radius 3 is 2.35 bits per heavy atom. The Morgan fingerprint density at radius 2 is 1.74 bits per heavy atom. The first-order chi connectivity index (χ1) is 10.7. The second-order valence-electron chi connectivity index (χ2n) is 5.59. The van der Waals surface area contributed by atoms with Crippen LogP contribution in [-0.2, 0) is 10.0 Å². The van der Waals surface area contributed by atoms with Gasteiger partial charge in [0.2, 0.25) is 10.0 Å². The molecule has 0 aliphatic carbocycles. The number of aryl methyl sites for hydroxylation is 2. The van der Waals surface area contributed by atoms with Crippen molar-refractivity contribution in [3.63, 3.8) is 0 Å². The second kappa shape index (κ2) is 6.52. The molecule has 0 bridgehead atoms. The van der Waals surface area contributed by atoms with Gasteiger partial charge in [-0.05, 0) is 43.7 Å². The Labute approximate surface area is 137 Å². The standard InChI is InChI=1S/C17H20N2O3S/c1-12-8-9-16(13(2)10-12)18-17(20)14-6-5-7-15(11-14)23(21,22)19(3)4/h5-11H,1-4H3,(H,18,20). The molecule has 2 aromatic carbocycles. The fourth-order valence-electron chi connectivity index (χ4n) is 2.16. The predicted molar refractivity (Wildman–Crippen MR) is 91.2 cm³/mol. The summed E-state index contributed by atoms with van der Waals surface area (Å²) in [5.41, 5.74) is 3.07. The zero-order valence-electron chi connectivity index (χ0n) is 13.6. The highest BCUT2D eigenvalue weighted by Gasteiger charge is 2.18. The normalized spacial score (nSPS) is 11.5. The molecule has 0 aromatic heterocycles. The Hall–Kier alpha value is -2.18. The van der Waals surface area contributed by atoms with E-state index in [0.29, 0.717) is 11.3 Å². The number of rotatable bonds is 4. The highest BCUT2D eigenvalue weighted by Crippen LogP contribution is 2.19. The Morgan fingerprint density at radius 1 is 1.04 bits per heavy atom. The van der Waals surface area contributed by atoms with Crippen LogP contribution in [0.2, 0.25) is 0 Å². The van der Waals surface area contributed by atoms with Crippen LogP contribution in [0.25, 0.3) is 0 Å². The summed E-state index contributed by atoms with van der Waals surface area (Å²) < 4.78 is 25.4. The number of sulfonamides is 1.